The standard InChI is InChI=1S/C15H10N2O/c1-2-6-13-11(5-1)12-8-14-10(4-3-7-16-14)9-18-15(12)17-13/h2-9H,1H2. The molecular formula is C15H10N2O. The fourth-order valence-electron chi connectivity index (χ4n) is 2.33. The first-order chi connectivity index (χ1) is 8.92. The lowest BCUT2D eigenvalue weighted by Crippen LogP contribution is -2.27. The summed E-state index contributed by atoms with van der Waals surface area (Å²) in [6.07, 6.45) is 12.8. The van der Waals surface area contributed by atoms with Crippen molar-refractivity contribution in [2.75, 3.05) is 0 Å². The maximum atomic E-state index is 5.67. The molecule has 0 aromatic carbocycles. The van der Waals surface area contributed by atoms with E-state index in [4.69, 9.17) is 4.74 Å². The largest absolute Gasteiger partial charge is 0.445 e. The normalized spacial score (nSPS) is 19.3. The summed E-state index contributed by atoms with van der Waals surface area (Å²) in [4.78, 5) is 8.88. The highest BCUT2D eigenvalue weighted by Gasteiger charge is 2.24. The van der Waals surface area contributed by atoms with Gasteiger partial charge in [-0.15, -0.1) is 0 Å². The Kier molecular flexibility index (Phi) is 1.88. The maximum absolute atomic E-state index is 5.67. The minimum Gasteiger partial charge on any atom is -0.445 e. The molecule has 0 saturated carbocycles. The summed E-state index contributed by atoms with van der Waals surface area (Å²) in [6.45, 7) is 0. The number of aromatic nitrogens is 1. The molecule has 3 aliphatic rings. The van der Waals surface area contributed by atoms with Crippen LogP contribution in [-0.2, 0) is 4.74 Å². The fourth-order valence-corrected chi connectivity index (χ4v) is 2.33. The molecule has 3 heterocycles. The van der Waals surface area contributed by atoms with E-state index < -0.39 is 0 Å². The summed E-state index contributed by atoms with van der Waals surface area (Å²) in [6, 6.07) is 3.89. The second-order valence-electron chi connectivity index (χ2n) is 4.33. The van der Waals surface area contributed by atoms with Gasteiger partial charge in [-0.3, -0.25) is 4.98 Å². The first-order valence-corrected chi connectivity index (χ1v) is 5.92. The first kappa shape index (κ1) is 9.59. The van der Waals surface area contributed by atoms with Crippen molar-refractivity contribution in [1.82, 2.24) is 4.98 Å². The zero-order valence-corrected chi connectivity index (χ0v) is 9.63. The van der Waals surface area contributed by atoms with E-state index in [1.54, 1.807) is 12.5 Å². The van der Waals surface area contributed by atoms with Gasteiger partial charge in [0.15, 0.2) is 0 Å². The number of allylic oxidation sites excluding steroid dienone is 5. The lowest BCUT2D eigenvalue weighted by molar-refractivity contribution is 0.399. The van der Waals surface area contributed by atoms with Gasteiger partial charge in [-0.2, -0.15) is 0 Å². The summed E-state index contributed by atoms with van der Waals surface area (Å²) in [5, 5.41) is 1.91. The van der Waals surface area contributed by atoms with Gasteiger partial charge in [0.2, 0.25) is 5.88 Å². The number of ether oxygens (including phenoxy) is 1. The predicted molar refractivity (Wildman–Crippen MR) is 69.8 cm³/mol. The van der Waals surface area contributed by atoms with Crippen LogP contribution < -0.4 is 10.6 Å². The fraction of sp³-hybridized carbons (Fsp3) is 0.0667. The van der Waals surface area contributed by atoms with Crippen molar-refractivity contribution >= 4 is 18.0 Å². The van der Waals surface area contributed by atoms with Crippen LogP contribution >= 0.6 is 0 Å². The van der Waals surface area contributed by atoms with Gasteiger partial charge >= 0.3 is 0 Å². The van der Waals surface area contributed by atoms with Gasteiger partial charge in [0.25, 0.3) is 0 Å². The lowest BCUT2D eigenvalue weighted by Gasteiger charge is -2.04. The van der Waals surface area contributed by atoms with E-state index in [0.29, 0.717) is 5.88 Å². The smallest absolute Gasteiger partial charge is 0.227 e. The van der Waals surface area contributed by atoms with Crippen LogP contribution in [0.15, 0.2) is 58.6 Å². The Labute approximate surface area is 104 Å². The van der Waals surface area contributed by atoms with Gasteiger partial charge in [-0.25, -0.2) is 4.99 Å². The second-order valence-corrected chi connectivity index (χ2v) is 4.33. The number of rotatable bonds is 0. The van der Waals surface area contributed by atoms with Crippen molar-refractivity contribution in [2.45, 2.75) is 6.42 Å². The van der Waals surface area contributed by atoms with Gasteiger partial charge in [0.1, 0.15) is 6.26 Å². The van der Waals surface area contributed by atoms with Gasteiger partial charge in [0, 0.05) is 22.6 Å². The van der Waals surface area contributed by atoms with Crippen LogP contribution in [0, 0.1) is 0 Å². The maximum Gasteiger partial charge on any atom is 0.227 e. The van der Waals surface area contributed by atoms with E-state index in [0.717, 1.165) is 33.8 Å². The first-order valence-electron chi connectivity index (χ1n) is 5.92. The second kappa shape index (κ2) is 3.53. The Morgan fingerprint density at radius 2 is 2.28 bits per heavy atom. The Morgan fingerprint density at radius 1 is 1.28 bits per heavy atom. The quantitative estimate of drug-likeness (QED) is 0.675. The highest BCUT2D eigenvalue weighted by atomic mass is 16.5. The van der Waals surface area contributed by atoms with Crippen LogP contribution in [-0.4, -0.2) is 10.7 Å². The molecule has 1 aromatic rings. The van der Waals surface area contributed by atoms with Gasteiger partial charge in [0.05, 0.1) is 11.1 Å². The average molecular weight is 234 g/mol. The molecule has 1 aliphatic carbocycles. The summed E-state index contributed by atoms with van der Waals surface area (Å²) in [5.41, 5.74) is 3.16. The van der Waals surface area contributed by atoms with Gasteiger partial charge in [-0.1, -0.05) is 12.2 Å². The summed E-state index contributed by atoms with van der Waals surface area (Å²) in [7, 11) is 0. The molecule has 3 heteroatoms. The molecule has 86 valence electrons. The SMILES string of the molecule is C1=CC2=NC3=C(C=c4ncccc4=CO3)C2=CC1. The monoisotopic (exact) mass is 234 g/mol. The van der Waals surface area contributed by atoms with Crippen LogP contribution in [0.5, 0.6) is 0 Å². The van der Waals surface area contributed by atoms with Crippen molar-refractivity contribution in [3.63, 3.8) is 0 Å². The zero-order chi connectivity index (χ0) is 11.9. The molecule has 0 bridgehead atoms. The van der Waals surface area contributed by atoms with Crippen molar-refractivity contribution in [3.8, 4) is 0 Å². The molecule has 0 fully saturated rings. The van der Waals surface area contributed by atoms with E-state index in [1.807, 2.05) is 18.2 Å². The van der Waals surface area contributed by atoms with Gasteiger partial charge in [-0.05, 0) is 30.7 Å². The number of nitrogens with zero attached hydrogens (tertiary/aromatic N) is 2. The molecule has 3 nitrogen and oxygen atoms in total. The van der Waals surface area contributed by atoms with Crippen molar-refractivity contribution in [3.05, 3.63) is 64.2 Å². The van der Waals surface area contributed by atoms with Crippen LogP contribution in [0.3, 0.4) is 0 Å². The highest BCUT2D eigenvalue weighted by Crippen LogP contribution is 2.30. The lowest BCUT2D eigenvalue weighted by atomic mass is 9.98. The Hall–Kier alpha value is -2.42. The van der Waals surface area contributed by atoms with E-state index in [1.165, 1.54) is 0 Å². The minimum absolute atomic E-state index is 0.667. The number of fused-ring (bicyclic) bond motifs is 3. The van der Waals surface area contributed by atoms with E-state index in [2.05, 4.69) is 28.2 Å². The molecule has 18 heavy (non-hydrogen) atoms. The molecule has 1 aromatic heterocycles. The zero-order valence-electron chi connectivity index (χ0n) is 9.63. The summed E-state index contributed by atoms with van der Waals surface area (Å²) >= 11 is 0. The molecular weight excluding hydrogens is 224 g/mol. The third kappa shape index (κ3) is 1.31. The predicted octanol–water partition coefficient (Wildman–Crippen LogP) is 1.18. The Morgan fingerprint density at radius 3 is 3.28 bits per heavy atom. The van der Waals surface area contributed by atoms with Crippen LogP contribution in [0.4, 0.5) is 0 Å². The van der Waals surface area contributed by atoms with Crippen molar-refractivity contribution < 1.29 is 4.74 Å². The summed E-state index contributed by atoms with van der Waals surface area (Å²) < 4.78 is 5.67. The summed E-state index contributed by atoms with van der Waals surface area (Å²) in [5.74, 6) is 0.667. The molecule has 0 saturated heterocycles. The number of pyridine rings is 1. The minimum atomic E-state index is 0.667. The van der Waals surface area contributed by atoms with E-state index in [-0.39, 0.29) is 0 Å². The van der Waals surface area contributed by atoms with E-state index >= 15 is 0 Å². The molecule has 2 aliphatic heterocycles. The van der Waals surface area contributed by atoms with E-state index in [9.17, 15) is 0 Å². The topological polar surface area (TPSA) is 34.5 Å². The molecule has 0 spiro atoms. The molecule has 0 N–H and O–H groups in total. The average Bonchev–Trinajstić information content (AvgIpc) is 2.65. The third-order valence-electron chi connectivity index (χ3n) is 3.20. The van der Waals surface area contributed by atoms with Crippen molar-refractivity contribution in [2.24, 2.45) is 4.99 Å². The molecule has 0 unspecified atom stereocenters. The van der Waals surface area contributed by atoms with Crippen molar-refractivity contribution in [1.29, 1.82) is 0 Å². The third-order valence-corrected chi connectivity index (χ3v) is 3.20. The number of hydrogen-bond donors (Lipinski definition) is 0. The number of hydrogen-bond acceptors (Lipinski definition) is 3. The molecule has 0 amide bonds. The Bertz CT molecular complexity index is 779. The van der Waals surface area contributed by atoms with Crippen LogP contribution in [0.25, 0.3) is 12.3 Å². The molecule has 4 rings (SSSR count). The van der Waals surface area contributed by atoms with Crippen LogP contribution in [0.1, 0.15) is 6.42 Å². The Balaban J connectivity index is 1.96. The highest BCUT2D eigenvalue weighted by molar-refractivity contribution is 6.16. The van der Waals surface area contributed by atoms with Crippen LogP contribution in [0.2, 0.25) is 0 Å². The molecule has 0 atom stereocenters. The molecule has 0 radical (unpaired) electrons. The number of aliphatic imine (C=N–C) groups is 1. The van der Waals surface area contributed by atoms with Gasteiger partial charge < -0.3 is 4.74 Å².